The number of carboxylic acid groups (broad SMARTS) is 1. The second kappa shape index (κ2) is 9.22. The number of Topliss-reactive ketones (excluding diaryl/α,β-unsaturated/α-hetero) is 1. The average molecular weight is 509 g/mol. The monoisotopic (exact) mass is 508 g/mol. The number of ketones is 1. The van der Waals surface area contributed by atoms with Gasteiger partial charge in [0.25, 0.3) is 0 Å². The summed E-state index contributed by atoms with van der Waals surface area (Å²) in [4.78, 5) is 28.7. The number of fused-ring (bicyclic) bond motifs is 4. The van der Waals surface area contributed by atoms with Crippen LogP contribution in [-0.2, 0) is 4.79 Å². The summed E-state index contributed by atoms with van der Waals surface area (Å²) in [5, 5.41) is 12.3. The fourth-order valence-corrected chi connectivity index (χ4v) is 5.20. The molecule has 6 nitrogen and oxygen atoms in total. The first kappa shape index (κ1) is 23.0. The molecule has 0 saturated heterocycles. The van der Waals surface area contributed by atoms with Gasteiger partial charge < -0.3 is 14.1 Å². The molecule has 0 amide bonds. The first-order valence-corrected chi connectivity index (χ1v) is 12.2. The normalized spacial score (nSPS) is 12.4. The molecule has 3 aromatic carbocycles. The van der Waals surface area contributed by atoms with Crippen molar-refractivity contribution >= 4 is 56.2 Å². The van der Waals surface area contributed by atoms with Crippen LogP contribution in [0.3, 0.4) is 0 Å². The zero-order valence-electron chi connectivity index (χ0n) is 19.6. The van der Waals surface area contributed by atoms with E-state index < -0.39 is 5.97 Å². The number of halogens is 1. The Kier molecular flexibility index (Phi) is 5.74. The Bertz CT molecular complexity index is 1800. The van der Waals surface area contributed by atoms with E-state index in [1.54, 1.807) is 30.7 Å². The minimum Gasteiger partial charge on any atom is -0.481 e. The van der Waals surface area contributed by atoms with Crippen LogP contribution < -0.4 is 0 Å². The van der Waals surface area contributed by atoms with Crippen LogP contribution in [0.1, 0.15) is 40.4 Å². The van der Waals surface area contributed by atoms with Crippen molar-refractivity contribution in [2.75, 3.05) is 0 Å². The summed E-state index contributed by atoms with van der Waals surface area (Å²) in [5.74, 6) is -1.26. The molecular formula is C30H21ClN2O4. The van der Waals surface area contributed by atoms with E-state index in [0.717, 1.165) is 38.6 Å². The number of nitrogens with zero attached hydrogens (tertiary/aromatic N) is 2. The highest BCUT2D eigenvalue weighted by Crippen LogP contribution is 2.39. The molecule has 37 heavy (non-hydrogen) atoms. The smallest absolute Gasteiger partial charge is 0.303 e. The number of hydrogen-bond donors (Lipinski definition) is 1. The SMILES string of the molecule is O=C(O)CCC(=O)c1cn(C(c2cccnc2)c2cccc3c2oc2ccccc23)c2ccc(Cl)cc12. The lowest BCUT2D eigenvalue weighted by Crippen LogP contribution is -2.12. The predicted octanol–water partition coefficient (Wildman–Crippen LogP) is 7.27. The van der Waals surface area contributed by atoms with Gasteiger partial charge in [0.15, 0.2) is 5.78 Å². The van der Waals surface area contributed by atoms with Crippen molar-refractivity contribution < 1.29 is 19.1 Å². The van der Waals surface area contributed by atoms with Crippen molar-refractivity contribution in [1.29, 1.82) is 0 Å². The van der Waals surface area contributed by atoms with Crippen molar-refractivity contribution in [1.82, 2.24) is 9.55 Å². The van der Waals surface area contributed by atoms with E-state index in [4.69, 9.17) is 21.1 Å². The van der Waals surface area contributed by atoms with Crippen LogP contribution in [0.4, 0.5) is 0 Å². The lowest BCUT2D eigenvalue weighted by Gasteiger charge is -2.21. The summed E-state index contributed by atoms with van der Waals surface area (Å²) in [6, 6.07) is 22.9. The molecule has 6 rings (SSSR count). The fourth-order valence-electron chi connectivity index (χ4n) is 5.03. The molecule has 6 aromatic rings. The third kappa shape index (κ3) is 4.05. The van der Waals surface area contributed by atoms with Gasteiger partial charge in [-0.25, -0.2) is 0 Å². The molecule has 7 heteroatoms. The quantitative estimate of drug-likeness (QED) is 0.229. The van der Waals surface area contributed by atoms with Gasteiger partial charge in [-0.1, -0.05) is 54.1 Å². The minimum absolute atomic E-state index is 0.0995. The van der Waals surface area contributed by atoms with Gasteiger partial charge in [0.05, 0.1) is 12.5 Å². The third-order valence-corrected chi connectivity index (χ3v) is 6.90. The van der Waals surface area contributed by atoms with E-state index in [1.807, 2.05) is 65.2 Å². The number of carboxylic acids is 1. The van der Waals surface area contributed by atoms with Crippen molar-refractivity contribution in [3.8, 4) is 0 Å². The van der Waals surface area contributed by atoms with E-state index in [-0.39, 0.29) is 24.7 Å². The van der Waals surface area contributed by atoms with Crippen molar-refractivity contribution in [2.45, 2.75) is 18.9 Å². The molecule has 3 heterocycles. The first-order valence-electron chi connectivity index (χ1n) is 11.9. The lowest BCUT2D eigenvalue weighted by molar-refractivity contribution is -0.136. The van der Waals surface area contributed by atoms with Crippen LogP contribution in [0.5, 0.6) is 0 Å². The summed E-state index contributed by atoms with van der Waals surface area (Å²) in [6.45, 7) is 0. The molecule has 1 unspecified atom stereocenters. The molecule has 0 bridgehead atoms. The first-order chi connectivity index (χ1) is 18.0. The molecule has 0 fully saturated rings. The van der Waals surface area contributed by atoms with Crippen molar-refractivity contribution in [3.05, 3.63) is 113 Å². The largest absolute Gasteiger partial charge is 0.481 e. The number of pyridine rings is 1. The number of benzene rings is 3. The fraction of sp³-hybridized carbons (Fsp3) is 0.100. The van der Waals surface area contributed by atoms with Gasteiger partial charge in [-0.2, -0.15) is 0 Å². The standard InChI is InChI=1S/C30H21ClN2O4/c31-19-10-11-25-23(15-19)24(26(34)12-13-28(35)36)17-33(25)29(18-5-4-14-32-16-18)22-8-3-7-21-20-6-1-2-9-27(20)37-30(21)22/h1-11,14-17,29H,12-13H2,(H,35,36). The van der Waals surface area contributed by atoms with Crippen LogP contribution in [-0.4, -0.2) is 26.4 Å². The van der Waals surface area contributed by atoms with Crippen LogP contribution in [0.25, 0.3) is 32.8 Å². The van der Waals surface area contributed by atoms with Gasteiger partial charge in [0.2, 0.25) is 0 Å². The van der Waals surface area contributed by atoms with E-state index in [9.17, 15) is 9.59 Å². The highest BCUT2D eigenvalue weighted by Gasteiger charge is 2.26. The van der Waals surface area contributed by atoms with Gasteiger partial charge in [-0.05, 0) is 35.9 Å². The van der Waals surface area contributed by atoms with E-state index >= 15 is 0 Å². The van der Waals surface area contributed by atoms with Crippen LogP contribution in [0.2, 0.25) is 5.02 Å². The molecule has 0 aliphatic rings. The summed E-state index contributed by atoms with van der Waals surface area (Å²) >= 11 is 6.33. The zero-order valence-corrected chi connectivity index (χ0v) is 20.4. The molecule has 1 N–H and O–H groups in total. The highest BCUT2D eigenvalue weighted by atomic mass is 35.5. The molecule has 182 valence electrons. The maximum absolute atomic E-state index is 13.2. The molecule has 0 saturated carbocycles. The van der Waals surface area contributed by atoms with E-state index in [1.165, 1.54) is 0 Å². The maximum Gasteiger partial charge on any atom is 0.303 e. The Morgan fingerprint density at radius 2 is 1.78 bits per heavy atom. The van der Waals surface area contributed by atoms with Crippen LogP contribution >= 0.6 is 11.6 Å². The highest BCUT2D eigenvalue weighted by molar-refractivity contribution is 6.31. The number of aliphatic carboxylic acids is 1. The van der Waals surface area contributed by atoms with Gasteiger partial charge in [-0.3, -0.25) is 14.6 Å². The average Bonchev–Trinajstić information content (AvgIpc) is 3.47. The minimum atomic E-state index is -1.01. The second-order valence-corrected chi connectivity index (χ2v) is 9.38. The molecule has 0 spiro atoms. The van der Waals surface area contributed by atoms with Crippen molar-refractivity contribution in [2.24, 2.45) is 0 Å². The topological polar surface area (TPSA) is 85.3 Å². The number of furan rings is 1. The van der Waals surface area contributed by atoms with Gasteiger partial charge in [0.1, 0.15) is 11.2 Å². The Hall–Kier alpha value is -4.42. The number of para-hydroxylation sites is 2. The number of rotatable bonds is 7. The number of aromatic nitrogens is 2. The van der Waals surface area contributed by atoms with Crippen LogP contribution in [0, 0.1) is 0 Å². The zero-order chi connectivity index (χ0) is 25.5. The third-order valence-electron chi connectivity index (χ3n) is 6.67. The second-order valence-electron chi connectivity index (χ2n) is 8.94. The van der Waals surface area contributed by atoms with Gasteiger partial charge >= 0.3 is 5.97 Å². The Labute approximate surface area is 216 Å². The van der Waals surface area contributed by atoms with E-state index in [0.29, 0.717) is 16.0 Å². The Morgan fingerprint density at radius 1 is 0.946 bits per heavy atom. The van der Waals surface area contributed by atoms with Gasteiger partial charge in [-0.15, -0.1) is 0 Å². The van der Waals surface area contributed by atoms with E-state index in [2.05, 4.69) is 4.98 Å². The number of carbonyl (C=O) groups is 2. The molecule has 1 atom stereocenters. The van der Waals surface area contributed by atoms with Gasteiger partial charge in [0, 0.05) is 62.8 Å². The van der Waals surface area contributed by atoms with Crippen molar-refractivity contribution in [3.63, 3.8) is 0 Å². The molecule has 0 aliphatic carbocycles. The molecule has 3 aromatic heterocycles. The lowest BCUT2D eigenvalue weighted by atomic mass is 9.97. The predicted molar refractivity (Wildman–Crippen MR) is 143 cm³/mol. The molecule has 0 aliphatic heterocycles. The summed E-state index contributed by atoms with van der Waals surface area (Å²) in [5.41, 5.74) is 4.61. The summed E-state index contributed by atoms with van der Waals surface area (Å²) < 4.78 is 8.40. The van der Waals surface area contributed by atoms with Crippen LogP contribution in [0.15, 0.2) is 95.8 Å². The Morgan fingerprint density at radius 3 is 2.59 bits per heavy atom. The number of hydrogen-bond acceptors (Lipinski definition) is 4. The molecule has 0 radical (unpaired) electrons. The summed E-state index contributed by atoms with van der Waals surface area (Å²) in [6.07, 6.45) is 4.98. The number of carbonyl (C=O) groups excluding carboxylic acids is 1. The molecular weight excluding hydrogens is 488 g/mol. The summed E-state index contributed by atoms with van der Waals surface area (Å²) in [7, 11) is 0. The Balaban J connectivity index is 1.63. The maximum atomic E-state index is 13.2.